The zero-order valence-corrected chi connectivity index (χ0v) is 10.7. The molecule has 0 saturated carbocycles. The van der Waals surface area contributed by atoms with Crippen molar-refractivity contribution in [3.63, 3.8) is 0 Å². The zero-order valence-electron chi connectivity index (χ0n) is 8.37. The van der Waals surface area contributed by atoms with Crippen molar-refractivity contribution in [1.82, 2.24) is 0 Å². The summed E-state index contributed by atoms with van der Waals surface area (Å²) in [5, 5.41) is 0.677. The minimum atomic E-state index is -0.309. The number of ether oxygens (including phenoxy) is 1. The Balaban J connectivity index is 2.58. The van der Waals surface area contributed by atoms with E-state index in [1.165, 1.54) is 0 Å². The number of hydrogen-bond acceptors (Lipinski definition) is 2. The first kappa shape index (κ1) is 12.5. The van der Waals surface area contributed by atoms with E-state index in [2.05, 4.69) is 15.9 Å². The van der Waals surface area contributed by atoms with Crippen LogP contribution in [0.25, 0.3) is 0 Å². The van der Waals surface area contributed by atoms with E-state index in [0.29, 0.717) is 18.1 Å². The highest BCUT2D eigenvalue weighted by Crippen LogP contribution is 2.15. The largest absolute Gasteiger partial charge is 0.465 e. The van der Waals surface area contributed by atoms with E-state index in [0.717, 1.165) is 5.56 Å². The maximum atomic E-state index is 11.3. The fourth-order valence-corrected chi connectivity index (χ4v) is 1.91. The van der Waals surface area contributed by atoms with E-state index in [-0.39, 0.29) is 10.8 Å². The monoisotopic (exact) mass is 290 g/mol. The molecule has 0 aromatic heterocycles. The predicted molar refractivity (Wildman–Crippen MR) is 64.5 cm³/mol. The fourth-order valence-electron chi connectivity index (χ4n) is 1.19. The fraction of sp³-hybridized carbons (Fsp3) is 0.364. The van der Waals surface area contributed by atoms with Gasteiger partial charge in [0.2, 0.25) is 0 Å². The van der Waals surface area contributed by atoms with Crippen LogP contribution in [0.2, 0.25) is 5.02 Å². The first-order chi connectivity index (χ1) is 7.13. The Kier molecular flexibility index (Phi) is 5.12. The Morgan fingerprint density at radius 2 is 2.33 bits per heavy atom. The van der Waals surface area contributed by atoms with E-state index >= 15 is 0 Å². The van der Waals surface area contributed by atoms with Gasteiger partial charge in [0.15, 0.2) is 0 Å². The highest BCUT2D eigenvalue weighted by Gasteiger charge is 2.16. The predicted octanol–water partition coefficient (Wildman–Crippen LogP) is 3.21. The average Bonchev–Trinajstić information content (AvgIpc) is 2.18. The molecule has 4 heteroatoms. The lowest BCUT2D eigenvalue weighted by molar-refractivity contribution is -0.142. The molecule has 1 rings (SSSR count). The molecule has 82 valence electrons. The minimum Gasteiger partial charge on any atom is -0.465 e. The molecule has 0 amide bonds. The van der Waals surface area contributed by atoms with Crippen molar-refractivity contribution in [3.8, 4) is 0 Å². The third-order valence-corrected chi connectivity index (χ3v) is 2.78. The number of rotatable bonds is 4. The molecular weight excluding hydrogens is 279 g/mol. The molecule has 0 bridgehead atoms. The first-order valence-corrected chi connectivity index (χ1v) is 5.98. The van der Waals surface area contributed by atoms with Crippen LogP contribution in [0.15, 0.2) is 24.3 Å². The zero-order chi connectivity index (χ0) is 11.3. The van der Waals surface area contributed by atoms with Gasteiger partial charge in [0, 0.05) is 5.02 Å². The smallest absolute Gasteiger partial charge is 0.320 e. The normalized spacial score (nSPS) is 12.2. The second kappa shape index (κ2) is 6.13. The van der Waals surface area contributed by atoms with E-state index in [1.54, 1.807) is 13.0 Å². The van der Waals surface area contributed by atoms with Crippen LogP contribution >= 0.6 is 27.5 Å². The lowest BCUT2D eigenvalue weighted by atomic mass is 10.1. The third-order valence-electron chi connectivity index (χ3n) is 1.85. The van der Waals surface area contributed by atoms with Gasteiger partial charge in [-0.05, 0) is 31.0 Å². The first-order valence-electron chi connectivity index (χ1n) is 4.68. The summed E-state index contributed by atoms with van der Waals surface area (Å²) < 4.78 is 4.89. The summed E-state index contributed by atoms with van der Waals surface area (Å²) in [6.45, 7) is 2.19. The molecule has 0 heterocycles. The van der Waals surface area contributed by atoms with E-state index in [9.17, 15) is 4.79 Å². The Morgan fingerprint density at radius 1 is 1.60 bits per heavy atom. The van der Waals surface area contributed by atoms with E-state index in [4.69, 9.17) is 16.3 Å². The Bertz CT molecular complexity index is 341. The molecule has 0 aliphatic carbocycles. The van der Waals surface area contributed by atoms with Gasteiger partial charge in [-0.15, -0.1) is 0 Å². The number of esters is 1. The van der Waals surface area contributed by atoms with E-state index < -0.39 is 0 Å². The maximum Gasteiger partial charge on any atom is 0.320 e. The molecule has 1 unspecified atom stereocenters. The summed E-state index contributed by atoms with van der Waals surface area (Å²) in [7, 11) is 0. The molecule has 0 saturated heterocycles. The van der Waals surface area contributed by atoms with Crippen LogP contribution in [0.5, 0.6) is 0 Å². The number of benzene rings is 1. The molecule has 0 fully saturated rings. The van der Waals surface area contributed by atoms with Gasteiger partial charge in [0.25, 0.3) is 0 Å². The molecular formula is C11H12BrClO2. The number of hydrogen-bond donors (Lipinski definition) is 0. The van der Waals surface area contributed by atoms with Crippen LogP contribution in [0.1, 0.15) is 12.5 Å². The number of alkyl halides is 1. The van der Waals surface area contributed by atoms with Crippen molar-refractivity contribution in [3.05, 3.63) is 34.9 Å². The van der Waals surface area contributed by atoms with Crippen LogP contribution in [0.3, 0.4) is 0 Å². The lowest BCUT2D eigenvalue weighted by Crippen LogP contribution is -2.19. The van der Waals surface area contributed by atoms with Crippen molar-refractivity contribution in [2.24, 2.45) is 0 Å². The summed E-state index contributed by atoms with van der Waals surface area (Å²) >= 11 is 9.13. The molecule has 1 aromatic rings. The maximum absolute atomic E-state index is 11.3. The highest BCUT2D eigenvalue weighted by atomic mass is 79.9. The van der Waals surface area contributed by atoms with Crippen molar-refractivity contribution in [2.45, 2.75) is 18.2 Å². The Hall–Kier alpha value is -0.540. The van der Waals surface area contributed by atoms with E-state index in [1.807, 2.05) is 18.2 Å². The van der Waals surface area contributed by atoms with Gasteiger partial charge < -0.3 is 4.74 Å². The van der Waals surface area contributed by atoms with Crippen molar-refractivity contribution >= 4 is 33.5 Å². The Morgan fingerprint density at radius 3 is 2.93 bits per heavy atom. The molecule has 0 N–H and O–H groups in total. The highest BCUT2D eigenvalue weighted by molar-refractivity contribution is 9.10. The SMILES string of the molecule is CCOC(=O)C(Br)Cc1cccc(Cl)c1. The van der Waals surface area contributed by atoms with Crippen LogP contribution in [0.4, 0.5) is 0 Å². The summed E-state index contributed by atoms with van der Waals surface area (Å²) in [5.41, 5.74) is 1.01. The number of carbonyl (C=O) groups excluding carboxylic acids is 1. The number of halogens is 2. The van der Waals surface area contributed by atoms with Gasteiger partial charge in [-0.2, -0.15) is 0 Å². The molecule has 0 radical (unpaired) electrons. The summed E-state index contributed by atoms with van der Waals surface area (Å²) in [4.78, 5) is 11.0. The second-order valence-corrected chi connectivity index (χ2v) is 4.60. The van der Waals surface area contributed by atoms with Crippen LogP contribution in [-0.4, -0.2) is 17.4 Å². The molecule has 15 heavy (non-hydrogen) atoms. The average molecular weight is 292 g/mol. The third kappa shape index (κ3) is 4.22. The van der Waals surface area contributed by atoms with Crippen LogP contribution in [0, 0.1) is 0 Å². The van der Waals surface area contributed by atoms with Crippen molar-refractivity contribution < 1.29 is 9.53 Å². The molecule has 0 spiro atoms. The lowest BCUT2D eigenvalue weighted by Gasteiger charge is -2.08. The van der Waals surface area contributed by atoms with Gasteiger partial charge in [0.1, 0.15) is 4.83 Å². The van der Waals surface area contributed by atoms with Gasteiger partial charge in [-0.3, -0.25) is 4.79 Å². The molecule has 2 nitrogen and oxygen atoms in total. The molecule has 1 atom stereocenters. The summed E-state index contributed by atoms with van der Waals surface area (Å²) in [6, 6.07) is 7.44. The van der Waals surface area contributed by atoms with Gasteiger partial charge in [-0.25, -0.2) is 0 Å². The molecule has 1 aromatic carbocycles. The summed E-state index contributed by atoms with van der Waals surface area (Å²) in [6.07, 6.45) is 0.583. The quantitative estimate of drug-likeness (QED) is 0.629. The van der Waals surface area contributed by atoms with Gasteiger partial charge in [-0.1, -0.05) is 39.7 Å². The molecule has 0 aliphatic rings. The van der Waals surface area contributed by atoms with Crippen molar-refractivity contribution in [1.29, 1.82) is 0 Å². The Labute approximate surface area is 103 Å². The second-order valence-electron chi connectivity index (χ2n) is 3.05. The van der Waals surface area contributed by atoms with Crippen LogP contribution in [-0.2, 0) is 16.0 Å². The van der Waals surface area contributed by atoms with Crippen molar-refractivity contribution in [2.75, 3.05) is 6.61 Å². The standard InChI is InChI=1S/C11H12BrClO2/c1-2-15-11(14)10(12)7-8-4-3-5-9(13)6-8/h3-6,10H,2,7H2,1H3. The minimum absolute atomic E-state index is 0.238. The van der Waals surface area contributed by atoms with Gasteiger partial charge in [0.05, 0.1) is 6.61 Å². The summed E-state index contributed by atoms with van der Waals surface area (Å²) in [5.74, 6) is -0.238. The van der Waals surface area contributed by atoms with Crippen LogP contribution < -0.4 is 0 Å². The van der Waals surface area contributed by atoms with Gasteiger partial charge >= 0.3 is 5.97 Å². The number of carbonyl (C=O) groups is 1. The topological polar surface area (TPSA) is 26.3 Å². The molecule has 0 aliphatic heterocycles.